The van der Waals surface area contributed by atoms with Crippen LogP contribution < -0.4 is 10.3 Å². The van der Waals surface area contributed by atoms with E-state index >= 15 is 0 Å². The van der Waals surface area contributed by atoms with E-state index in [1.165, 1.54) is 18.9 Å². The summed E-state index contributed by atoms with van der Waals surface area (Å²) < 4.78 is 20.3. The minimum atomic E-state index is -0.578. The smallest absolute Gasteiger partial charge is 0.261 e. The Hall–Kier alpha value is -1.66. The van der Waals surface area contributed by atoms with Crippen molar-refractivity contribution in [1.82, 2.24) is 14.9 Å². The van der Waals surface area contributed by atoms with Gasteiger partial charge in [-0.15, -0.1) is 11.6 Å². The van der Waals surface area contributed by atoms with Crippen LogP contribution in [0.1, 0.15) is 31.5 Å². The van der Waals surface area contributed by atoms with Crippen LogP contribution >= 0.6 is 11.6 Å². The zero-order valence-corrected chi connectivity index (χ0v) is 16.1. The van der Waals surface area contributed by atoms with Crippen molar-refractivity contribution in [2.24, 2.45) is 11.8 Å². The van der Waals surface area contributed by atoms with Crippen LogP contribution in [0.2, 0.25) is 0 Å². The standard InChI is InChI=1S/C20H25ClFN3O2/c21-5-8-25-6-3-14(4-7-25)12-27-15-10-16(22)19-17(11-15)23-18(24-20(19)26)9-13-1-2-13/h10-11,13-14H,1-9,12H2,(H,23,24,26). The maximum Gasteiger partial charge on any atom is 0.261 e. The molecule has 1 saturated heterocycles. The van der Waals surface area contributed by atoms with Gasteiger partial charge in [0.2, 0.25) is 0 Å². The second-order valence-electron chi connectivity index (χ2n) is 7.74. The second-order valence-corrected chi connectivity index (χ2v) is 8.12. The summed E-state index contributed by atoms with van der Waals surface area (Å²) in [5.74, 6) is 2.21. The molecule has 5 nitrogen and oxygen atoms in total. The summed E-state index contributed by atoms with van der Waals surface area (Å²) >= 11 is 5.80. The molecule has 1 aliphatic carbocycles. The third kappa shape index (κ3) is 4.61. The number of aromatic nitrogens is 2. The molecule has 4 rings (SSSR count). The van der Waals surface area contributed by atoms with Crippen LogP contribution in [-0.4, -0.2) is 47.0 Å². The predicted molar refractivity (Wildman–Crippen MR) is 104 cm³/mol. The van der Waals surface area contributed by atoms with Crippen LogP contribution in [-0.2, 0) is 6.42 Å². The SMILES string of the molecule is O=c1[nH]c(CC2CC2)nc2cc(OCC3CCN(CCCl)CC3)cc(F)c12. The zero-order chi connectivity index (χ0) is 18.8. The molecule has 7 heteroatoms. The van der Waals surface area contributed by atoms with Crippen molar-refractivity contribution in [3.63, 3.8) is 0 Å². The highest BCUT2D eigenvalue weighted by molar-refractivity contribution is 6.18. The highest BCUT2D eigenvalue weighted by atomic mass is 35.5. The summed E-state index contributed by atoms with van der Waals surface area (Å²) in [6, 6.07) is 2.98. The lowest BCUT2D eigenvalue weighted by Gasteiger charge is -2.31. The molecule has 27 heavy (non-hydrogen) atoms. The van der Waals surface area contributed by atoms with Crippen LogP contribution in [0.3, 0.4) is 0 Å². The van der Waals surface area contributed by atoms with Gasteiger partial charge in [-0.1, -0.05) is 0 Å². The number of benzene rings is 1. The lowest BCUT2D eigenvalue weighted by molar-refractivity contribution is 0.146. The number of hydrogen-bond acceptors (Lipinski definition) is 4. The largest absolute Gasteiger partial charge is 0.493 e. The first-order chi connectivity index (χ1) is 13.1. The fourth-order valence-corrected chi connectivity index (χ4v) is 3.97. The first-order valence-corrected chi connectivity index (χ1v) is 10.3. The van der Waals surface area contributed by atoms with Gasteiger partial charge in [-0.2, -0.15) is 0 Å². The van der Waals surface area contributed by atoms with Crippen LogP contribution in [0.15, 0.2) is 16.9 Å². The van der Waals surface area contributed by atoms with Gasteiger partial charge in [-0.05, 0) is 50.6 Å². The van der Waals surface area contributed by atoms with E-state index in [4.69, 9.17) is 16.3 Å². The van der Waals surface area contributed by atoms with Crippen LogP contribution in [0.25, 0.3) is 10.9 Å². The molecule has 146 valence electrons. The third-order valence-corrected chi connectivity index (χ3v) is 5.72. The fourth-order valence-electron chi connectivity index (χ4n) is 3.73. The Balaban J connectivity index is 1.45. The molecule has 0 amide bonds. The lowest BCUT2D eigenvalue weighted by Crippen LogP contribution is -2.36. The second kappa shape index (κ2) is 8.15. The van der Waals surface area contributed by atoms with Crippen molar-refractivity contribution >= 4 is 22.5 Å². The fraction of sp³-hybridized carbons (Fsp3) is 0.600. The van der Waals surface area contributed by atoms with E-state index < -0.39 is 11.4 Å². The number of hydrogen-bond donors (Lipinski definition) is 1. The molecule has 1 aromatic carbocycles. The highest BCUT2D eigenvalue weighted by Gasteiger charge is 2.23. The normalized spacial score (nSPS) is 18.9. The summed E-state index contributed by atoms with van der Waals surface area (Å²) in [4.78, 5) is 21.8. The Bertz CT molecular complexity index is 860. The van der Waals surface area contributed by atoms with Crippen molar-refractivity contribution in [1.29, 1.82) is 0 Å². The van der Waals surface area contributed by atoms with E-state index in [0.29, 0.717) is 41.4 Å². The lowest BCUT2D eigenvalue weighted by atomic mass is 9.98. The number of piperidine rings is 1. The Morgan fingerprint density at radius 1 is 1.22 bits per heavy atom. The van der Waals surface area contributed by atoms with E-state index in [0.717, 1.165) is 38.9 Å². The zero-order valence-electron chi connectivity index (χ0n) is 15.3. The van der Waals surface area contributed by atoms with Gasteiger partial charge in [-0.25, -0.2) is 9.37 Å². The van der Waals surface area contributed by atoms with E-state index in [9.17, 15) is 9.18 Å². The number of likely N-dealkylation sites (tertiary alicyclic amines) is 1. The van der Waals surface area contributed by atoms with Crippen molar-refractivity contribution in [3.8, 4) is 5.75 Å². The summed E-state index contributed by atoms with van der Waals surface area (Å²) in [7, 11) is 0. The number of nitrogens with zero attached hydrogens (tertiary/aromatic N) is 2. The van der Waals surface area contributed by atoms with Gasteiger partial charge in [0, 0.05) is 31.0 Å². The average Bonchev–Trinajstić information content (AvgIpc) is 3.45. The molecule has 0 bridgehead atoms. The number of H-pyrrole nitrogens is 1. The van der Waals surface area contributed by atoms with Crippen LogP contribution in [0.4, 0.5) is 4.39 Å². The molecular formula is C20H25ClFN3O2. The summed E-state index contributed by atoms with van der Waals surface area (Å²) in [5, 5.41) is 0.0104. The molecule has 1 saturated carbocycles. The van der Waals surface area contributed by atoms with Gasteiger partial charge in [0.05, 0.1) is 12.1 Å². The number of halogens is 2. The topological polar surface area (TPSA) is 58.2 Å². The summed E-state index contributed by atoms with van der Waals surface area (Å²) in [5.41, 5.74) is -0.0345. The molecule has 0 atom stereocenters. The number of ether oxygens (including phenoxy) is 1. The third-order valence-electron chi connectivity index (χ3n) is 5.56. The van der Waals surface area contributed by atoms with Crippen molar-refractivity contribution < 1.29 is 9.13 Å². The maximum absolute atomic E-state index is 14.5. The monoisotopic (exact) mass is 393 g/mol. The van der Waals surface area contributed by atoms with Gasteiger partial charge >= 0.3 is 0 Å². The first kappa shape index (κ1) is 18.7. The maximum atomic E-state index is 14.5. The van der Waals surface area contributed by atoms with Gasteiger partial charge in [0.1, 0.15) is 22.8 Å². The van der Waals surface area contributed by atoms with Gasteiger partial charge in [0.15, 0.2) is 0 Å². The Morgan fingerprint density at radius 2 is 2.00 bits per heavy atom. The predicted octanol–water partition coefficient (Wildman–Crippen LogP) is 3.34. The molecule has 0 spiro atoms. The quantitative estimate of drug-likeness (QED) is 0.733. The number of nitrogens with one attached hydrogen (secondary N) is 1. The van der Waals surface area contributed by atoms with Crippen molar-refractivity contribution in [2.75, 3.05) is 32.1 Å². The van der Waals surface area contributed by atoms with Crippen LogP contribution in [0.5, 0.6) is 5.75 Å². The van der Waals surface area contributed by atoms with E-state index in [-0.39, 0.29) is 5.39 Å². The molecule has 1 aliphatic heterocycles. The number of fused-ring (bicyclic) bond motifs is 1. The first-order valence-electron chi connectivity index (χ1n) is 9.76. The minimum absolute atomic E-state index is 0.0104. The van der Waals surface area contributed by atoms with Gasteiger partial charge in [0.25, 0.3) is 5.56 Å². The molecular weight excluding hydrogens is 369 g/mol. The minimum Gasteiger partial charge on any atom is -0.493 e. The van der Waals surface area contributed by atoms with E-state index in [1.807, 2.05) is 0 Å². The van der Waals surface area contributed by atoms with Crippen molar-refractivity contribution in [3.05, 3.63) is 34.1 Å². The molecule has 2 aromatic rings. The molecule has 1 aromatic heterocycles. The number of aromatic amines is 1. The molecule has 2 aliphatic rings. The highest BCUT2D eigenvalue weighted by Crippen LogP contribution is 2.32. The van der Waals surface area contributed by atoms with Crippen LogP contribution in [0, 0.1) is 17.7 Å². The average molecular weight is 394 g/mol. The Morgan fingerprint density at radius 3 is 2.70 bits per heavy atom. The number of alkyl halides is 1. The van der Waals surface area contributed by atoms with E-state index in [1.54, 1.807) is 6.07 Å². The molecule has 0 radical (unpaired) electrons. The molecule has 0 unspecified atom stereocenters. The van der Waals surface area contributed by atoms with Gasteiger partial charge < -0.3 is 14.6 Å². The van der Waals surface area contributed by atoms with E-state index in [2.05, 4.69) is 14.9 Å². The summed E-state index contributed by atoms with van der Waals surface area (Å²) in [6.45, 7) is 3.52. The molecule has 2 fully saturated rings. The Labute approximate surface area is 162 Å². The Kier molecular flexibility index (Phi) is 5.64. The molecule has 2 heterocycles. The summed E-state index contributed by atoms with van der Waals surface area (Å²) in [6.07, 6.45) is 5.19. The molecule has 1 N–H and O–H groups in total. The van der Waals surface area contributed by atoms with Gasteiger partial charge in [-0.3, -0.25) is 4.79 Å². The number of rotatable bonds is 7. The van der Waals surface area contributed by atoms with Crippen molar-refractivity contribution in [2.45, 2.75) is 32.1 Å².